The third kappa shape index (κ3) is 10.4. The largest absolute Gasteiger partial charge is 0.493 e. The van der Waals surface area contributed by atoms with Crippen molar-refractivity contribution >= 4 is 33.4 Å². The molecule has 0 unspecified atom stereocenters. The lowest BCUT2D eigenvalue weighted by molar-refractivity contribution is -0.00176. The predicted octanol–water partition coefficient (Wildman–Crippen LogP) is 2.72. The highest BCUT2D eigenvalue weighted by Crippen LogP contribution is 2.38. The molecule has 1 aliphatic rings. The van der Waals surface area contributed by atoms with Crippen LogP contribution in [0.25, 0.3) is 0 Å². The number of hydrogen-bond acceptors (Lipinski definition) is 12. The number of hydrogen-bond donors (Lipinski definition) is 1. The number of carbonyl (C=O) groups is 3. The van der Waals surface area contributed by atoms with Crippen LogP contribution in [0.1, 0.15) is 39.2 Å². The molecule has 1 N–H and O–H groups in total. The Morgan fingerprint density at radius 1 is 0.867 bits per heavy atom. The molecule has 45 heavy (non-hydrogen) atoms. The van der Waals surface area contributed by atoms with Crippen molar-refractivity contribution < 1.29 is 56.0 Å². The van der Waals surface area contributed by atoms with Crippen LogP contribution in [0, 0.1) is 0 Å². The van der Waals surface area contributed by atoms with Crippen LogP contribution in [0.4, 0.5) is 10.5 Å². The van der Waals surface area contributed by atoms with Crippen LogP contribution >= 0.6 is 0 Å². The molecule has 0 aromatic heterocycles. The average molecular weight is 653 g/mol. The van der Waals surface area contributed by atoms with Gasteiger partial charge in [-0.1, -0.05) is 12.1 Å². The number of anilines is 1. The molecule has 3 rings (SSSR count). The van der Waals surface area contributed by atoms with Crippen molar-refractivity contribution in [3.05, 3.63) is 53.1 Å². The first kappa shape index (κ1) is 35.7. The highest BCUT2D eigenvalue weighted by atomic mass is 32.2. The molecular weight excluding hydrogens is 612 g/mol. The Morgan fingerprint density at radius 3 is 2.11 bits per heavy atom. The maximum atomic E-state index is 13.7. The van der Waals surface area contributed by atoms with Crippen molar-refractivity contribution in [2.75, 3.05) is 91.0 Å². The zero-order valence-electron chi connectivity index (χ0n) is 25.9. The highest BCUT2D eigenvalue weighted by Gasteiger charge is 2.43. The molecule has 0 saturated carbocycles. The van der Waals surface area contributed by atoms with Crippen molar-refractivity contribution in [1.82, 2.24) is 4.90 Å². The summed E-state index contributed by atoms with van der Waals surface area (Å²) >= 11 is 0. The fourth-order valence-corrected chi connectivity index (χ4v) is 5.40. The van der Waals surface area contributed by atoms with E-state index in [9.17, 15) is 22.8 Å². The van der Waals surface area contributed by atoms with Gasteiger partial charge >= 0.3 is 6.09 Å². The predicted molar refractivity (Wildman–Crippen MR) is 163 cm³/mol. The first-order valence-corrected chi connectivity index (χ1v) is 16.3. The summed E-state index contributed by atoms with van der Waals surface area (Å²) in [6, 6.07) is 7.91. The first-order chi connectivity index (χ1) is 21.6. The minimum Gasteiger partial charge on any atom is -0.493 e. The second kappa shape index (κ2) is 17.7. The highest BCUT2D eigenvalue weighted by molar-refractivity contribution is 7.90. The zero-order valence-corrected chi connectivity index (χ0v) is 26.7. The van der Waals surface area contributed by atoms with Crippen molar-refractivity contribution in [3.63, 3.8) is 0 Å². The van der Waals surface area contributed by atoms with E-state index in [1.807, 2.05) is 0 Å². The van der Waals surface area contributed by atoms with E-state index >= 15 is 0 Å². The minimum absolute atomic E-state index is 0.0160. The van der Waals surface area contributed by atoms with Gasteiger partial charge in [-0.15, -0.1) is 0 Å². The van der Waals surface area contributed by atoms with E-state index in [2.05, 4.69) is 5.32 Å². The number of carbonyl (C=O) groups excluding carboxylic acids is 3. The Balaban J connectivity index is 1.63. The molecule has 1 atom stereocenters. The summed E-state index contributed by atoms with van der Waals surface area (Å²) < 4.78 is 61.9. The Bertz CT molecular complexity index is 1420. The standard InChI is InChI=1S/C30H40N2O12S/c1-5-43-26-19-21(9-10-25(26)39-3)24(20-45(4,36)37)32-28(33)22-7-6-8-23(27(22)29(32)34)31-30(35)44-18-17-42-16-15-41-14-13-40-12-11-38-2/h6-10,19,24H,5,11-18,20H2,1-4H3,(H,31,35)/t24-/m0/s1. The molecule has 2 aromatic rings. The van der Waals surface area contributed by atoms with Gasteiger partial charge in [-0.05, 0) is 36.8 Å². The van der Waals surface area contributed by atoms with Gasteiger partial charge in [0, 0.05) is 13.4 Å². The van der Waals surface area contributed by atoms with Crippen molar-refractivity contribution in [2.24, 2.45) is 0 Å². The Kier molecular flexibility index (Phi) is 14.0. The van der Waals surface area contributed by atoms with Crippen LogP contribution < -0.4 is 14.8 Å². The molecule has 15 heteroatoms. The molecule has 248 valence electrons. The smallest absolute Gasteiger partial charge is 0.411 e. The molecule has 1 aliphatic heterocycles. The number of amides is 3. The van der Waals surface area contributed by atoms with Gasteiger partial charge in [0.25, 0.3) is 11.8 Å². The van der Waals surface area contributed by atoms with Crippen LogP contribution in [-0.4, -0.2) is 117 Å². The van der Waals surface area contributed by atoms with Gasteiger partial charge < -0.3 is 33.2 Å². The molecule has 0 spiro atoms. The monoisotopic (exact) mass is 652 g/mol. The average Bonchev–Trinajstić information content (AvgIpc) is 3.26. The molecular formula is C30H40N2O12S. The van der Waals surface area contributed by atoms with Gasteiger partial charge in [-0.25, -0.2) is 13.2 Å². The van der Waals surface area contributed by atoms with Gasteiger partial charge in [0.2, 0.25) is 0 Å². The number of ether oxygens (including phenoxy) is 7. The normalized spacial score (nSPS) is 13.5. The topological polar surface area (TPSA) is 165 Å². The molecule has 3 amide bonds. The number of nitrogens with one attached hydrogen (secondary N) is 1. The summed E-state index contributed by atoms with van der Waals surface area (Å²) in [5.41, 5.74) is 0.343. The van der Waals surface area contributed by atoms with E-state index in [1.54, 1.807) is 32.2 Å². The third-order valence-corrected chi connectivity index (χ3v) is 7.39. The Hall–Kier alpha value is -3.76. The van der Waals surface area contributed by atoms with Gasteiger partial charge in [-0.3, -0.25) is 19.8 Å². The van der Waals surface area contributed by atoms with Gasteiger partial charge in [0.05, 0.1) is 88.6 Å². The first-order valence-electron chi connectivity index (χ1n) is 14.3. The zero-order chi connectivity index (χ0) is 32.8. The van der Waals surface area contributed by atoms with Gasteiger partial charge in [0.1, 0.15) is 16.4 Å². The SMILES string of the molecule is CCOc1cc([C@H](CS(C)(=O)=O)N2C(=O)c3cccc(NC(=O)OCCOCCOCCOCCOC)c3C2=O)ccc1OC. The lowest BCUT2D eigenvalue weighted by Gasteiger charge is -2.27. The summed E-state index contributed by atoms with van der Waals surface area (Å²) in [5, 5.41) is 2.50. The minimum atomic E-state index is -3.68. The van der Waals surface area contributed by atoms with Crippen LogP contribution in [0.2, 0.25) is 0 Å². The summed E-state index contributed by atoms with van der Waals surface area (Å²) in [6.07, 6.45) is 0.158. The lowest BCUT2D eigenvalue weighted by atomic mass is 10.1. The number of fused-ring (bicyclic) bond motifs is 1. The van der Waals surface area contributed by atoms with E-state index in [0.717, 1.165) is 11.2 Å². The number of sulfone groups is 1. The maximum absolute atomic E-state index is 13.7. The van der Waals surface area contributed by atoms with Crippen LogP contribution in [-0.2, 0) is 33.5 Å². The maximum Gasteiger partial charge on any atom is 0.411 e. The van der Waals surface area contributed by atoms with Crippen molar-refractivity contribution in [3.8, 4) is 11.5 Å². The van der Waals surface area contributed by atoms with Gasteiger partial charge in [-0.2, -0.15) is 0 Å². The van der Waals surface area contributed by atoms with Crippen LogP contribution in [0.15, 0.2) is 36.4 Å². The summed E-state index contributed by atoms with van der Waals surface area (Å²) in [6.45, 7) is 4.61. The number of rotatable bonds is 20. The number of nitrogens with zero attached hydrogens (tertiary/aromatic N) is 1. The van der Waals surface area contributed by atoms with E-state index in [1.165, 1.54) is 25.3 Å². The second-order valence-corrected chi connectivity index (χ2v) is 11.9. The molecule has 0 saturated heterocycles. The molecule has 1 heterocycles. The van der Waals surface area contributed by atoms with E-state index in [0.29, 0.717) is 56.7 Å². The number of benzene rings is 2. The number of imide groups is 1. The molecule has 0 fully saturated rings. The Labute approximate surface area is 262 Å². The summed E-state index contributed by atoms with van der Waals surface area (Å²) in [4.78, 5) is 40.7. The van der Waals surface area contributed by atoms with Crippen molar-refractivity contribution in [2.45, 2.75) is 13.0 Å². The molecule has 0 aliphatic carbocycles. The molecule has 2 aromatic carbocycles. The summed E-state index contributed by atoms with van der Waals surface area (Å²) in [5.74, 6) is -1.26. The quantitative estimate of drug-likeness (QED) is 0.165. The van der Waals surface area contributed by atoms with Crippen molar-refractivity contribution in [1.29, 1.82) is 0 Å². The fourth-order valence-electron chi connectivity index (χ4n) is 4.49. The fraction of sp³-hybridized carbons (Fsp3) is 0.500. The Morgan fingerprint density at radius 2 is 1.51 bits per heavy atom. The summed E-state index contributed by atoms with van der Waals surface area (Å²) in [7, 11) is -0.620. The molecule has 0 bridgehead atoms. The van der Waals surface area contributed by atoms with Crippen LogP contribution in [0.5, 0.6) is 11.5 Å². The third-order valence-electron chi connectivity index (χ3n) is 6.46. The van der Waals surface area contributed by atoms with Gasteiger partial charge in [0.15, 0.2) is 11.5 Å². The number of methoxy groups -OCH3 is 2. The molecule has 14 nitrogen and oxygen atoms in total. The molecule has 0 radical (unpaired) electrons. The second-order valence-electron chi connectivity index (χ2n) is 9.75. The van der Waals surface area contributed by atoms with E-state index in [4.69, 9.17) is 33.2 Å². The van der Waals surface area contributed by atoms with E-state index in [-0.39, 0.29) is 36.6 Å². The van der Waals surface area contributed by atoms with Crippen LogP contribution in [0.3, 0.4) is 0 Å². The lowest BCUT2D eigenvalue weighted by Crippen LogP contribution is -2.37. The van der Waals surface area contributed by atoms with E-state index < -0.39 is 39.5 Å².